The first kappa shape index (κ1) is 15.7. The molecule has 1 aromatic carbocycles. The van der Waals surface area contributed by atoms with E-state index in [1.165, 1.54) is 41.7 Å². The topological polar surface area (TPSA) is 109 Å². The maximum atomic E-state index is 12.0. The van der Waals surface area contributed by atoms with Gasteiger partial charge in [0.25, 0.3) is 5.91 Å². The highest BCUT2D eigenvalue weighted by Crippen LogP contribution is 2.28. The Kier molecular flexibility index (Phi) is 4.36. The summed E-state index contributed by atoms with van der Waals surface area (Å²) in [7, 11) is 0. The standard InChI is InChI=1S/C15H11N7OS2/c23-13(11-7-16-5-6-17-11)20-14-21-22-15(25-14)24-8-12-18-9-3-1-2-4-10(9)19-12/h1-7H,8H2,(H,18,19)(H,20,21,23). The number of benzene rings is 1. The molecular weight excluding hydrogens is 358 g/mol. The van der Waals surface area contributed by atoms with Crippen LogP contribution in [-0.4, -0.2) is 36.0 Å². The van der Waals surface area contributed by atoms with Crippen molar-refractivity contribution in [3.63, 3.8) is 0 Å². The molecular formula is C15H11N7OS2. The van der Waals surface area contributed by atoms with Crippen LogP contribution in [0.25, 0.3) is 11.0 Å². The quantitative estimate of drug-likeness (QED) is 0.411. The monoisotopic (exact) mass is 369 g/mol. The molecule has 4 rings (SSSR count). The van der Waals surface area contributed by atoms with Gasteiger partial charge in [-0.15, -0.1) is 10.2 Å². The summed E-state index contributed by atoms with van der Waals surface area (Å²) in [6, 6.07) is 7.87. The molecule has 0 saturated carbocycles. The number of hydrogen-bond donors (Lipinski definition) is 2. The van der Waals surface area contributed by atoms with Gasteiger partial charge in [-0.3, -0.25) is 15.1 Å². The lowest BCUT2D eigenvalue weighted by atomic mass is 10.3. The number of nitrogens with zero attached hydrogens (tertiary/aromatic N) is 5. The lowest BCUT2D eigenvalue weighted by Crippen LogP contribution is -2.13. The van der Waals surface area contributed by atoms with E-state index in [0.29, 0.717) is 10.9 Å². The molecule has 1 amide bonds. The number of nitrogens with one attached hydrogen (secondary N) is 2. The number of thioether (sulfide) groups is 1. The molecule has 0 saturated heterocycles. The number of rotatable bonds is 5. The Morgan fingerprint density at radius 3 is 3.00 bits per heavy atom. The van der Waals surface area contributed by atoms with Crippen molar-refractivity contribution < 1.29 is 4.79 Å². The molecule has 2 N–H and O–H groups in total. The maximum Gasteiger partial charge on any atom is 0.277 e. The van der Waals surface area contributed by atoms with Crippen LogP contribution in [0.15, 0.2) is 47.2 Å². The predicted octanol–water partition coefficient (Wildman–Crippen LogP) is 2.75. The second-order valence-electron chi connectivity index (χ2n) is 4.91. The second-order valence-corrected chi connectivity index (χ2v) is 7.11. The lowest BCUT2D eigenvalue weighted by Gasteiger charge is -1.98. The molecule has 0 aliphatic carbocycles. The van der Waals surface area contributed by atoms with E-state index < -0.39 is 0 Å². The third-order valence-corrected chi connectivity index (χ3v) is 5.18. The number of para-hydroxylation sites is 2. The molecule has 0 radical (unpaired) electrons. The summed E-state index contributed by atoms with van der Waals surface area (Å²) in [6.07, 6.45) is 4.37. The number of hydrogen-bond acceptors (Lipinski definition) is 8. The molecule has 25 heavy (non-hydrogen) atoms. The van der Waals surface area contributed by atoms with Gasteiger partial charge in [-0.25, -0.2) is 9.97 Å². The van der Waals surface area contributed by atoms with Crippen molar-refractivity contribution in [2.75, 3.05) is 5.32 Å². The predicted molar refractivity (Wildman–Crippen MR) is 95.5 cm³/mol. The van der Waals surface area contributed by atoms with Crippen molar-refractivity contribution >= 4 is 45.2 Å². The summed E-state index contributed by atoms with van der Waals surface area (Å²) < 4.78 is 0.745. The summed E-state index contributed by atoms with van der Waals surface area (Å²) in [5.74, 6) is 1.14. The van der Waals surface area contributed by atoms with Crippen LogP contribution in [0.1, 0.15) is 16.3 Å². The molecule has 0 atom stereocenters. The fourth-order valence-electron chi connectivity index (χ4n) is 2.10. The Morgan fingerprint density at radius 1 is 1.24 bits per heavy atom. The first-order valence-electron chi connectivity index (χ1n) is 7.25. The van der Waals surface area contributed by atoms with Crippen LogP contribution in [0.2, 0.25) is 0 Å². The molecule has 0 unspecified atom stereocenters. The van der Waals surface area contributed by atoms with Gasteiger partial charge in [0.15, 0.2) is 4.34 Å². The normalized spacial score (nSPS) is 10.9. The molecule has 10 heteroatoms. The average molecular weight is 369 g/mol. The first-order chi connectivity index (χ1) is 12.3. The van der Waals surface area contributed by atoms with E-state index in [1.54, 1.807) is 0 Å². The first-order valence-corrected chi connectivity index (χ1v) is 9.05. The zero-order valence-corrected chi connectivity index (χ0v) is 14.3. The maximum absolute atomic E-state index is 12.0. The van der Waals surface area contributed by atoms with Gasteiger partial charge in [-0.05, 0) is 12.1 Å². The van der Waals surface area contributed by atoms with Gasteiger partial charge in [-0.2, -0.15) is 0 Å². The Bertz CT molecular complexity index is 982. The summed E-state index contributed by atoms with van der Waals surface area (Å²) in [4.78, 5) is 27.6. The van der Waals surface area contributed by atoms with Gasteiger partial charge in [0.1, 0.15) is 11.5 Å². The van der Waals surface area contributed by atoms with Crippen LogP contribution in [0.4, 0.5) is 5.13 Å². The number of fused-ring (bicyclic) bond motifs is 1. The fourth-order valence-corrected chi connectivity index (χ4v) is 3.72. The zero-order valence-electron chi connectivity index (χ0n) is 12.7. The zero-order chi connectivity index (χ0) is 17.1. The fraction of sp³-hybridized carbons (Fsp3) is 0.0667. The van der Waals surface area contributed by atoms with E-state index in [4.69, 9.17) is 0 Å². The van der Waals surface area contributed by atoms with Crippen LogP contribution in [0.5, 0.6) is 0 Å². The van der Waals surface area contributed by atoms with E-state index in [-0.39, 0.29) is 11.6 Å². The molecule has 0 aliphatic rings. The van der Waals surface area contributed by atoms with Crippen molar-refractivity contribution in [1.82, 2.24) is 30.1 Å². The van der Waals surface area contributed by atoms with E-state index in [9.17, 15) is 4.79 Å². The van der Waals surface area contributed by atoms with Crippen LogP contribution >= 0.6 is 23.1 Å². The average Bonchev–Trinajstić information content (AvgIpc) is 3.26. The van der Waals surface area contributed by atoms with E-state index in [1.807, 2.05) is 24.3 Å². The van der Waals surface area contributed by atoms with Crippen molar-refractivity contribution in [2.45, 2.75) is 10.1 Å². The van der Waals surface area contributed by atoms with Crippen LogP contribution < -0.4 is 5.32 Å². The van der Waals surface area contributed by atoms with Gasteiger partial charge in [0.2, 0.25) is 5.13 Å². The van der Waals surface area contributed by atoms with Gasteiger partial charge >= 0.3 is 0 Å². The lowest BCUT2D eigenvalue weighted by molar-refractivity contribution is 0.102. The Morgan fingerprint density at radius 2 is 2.16 bits per heavy atom. The number of aromatic amines is 1. The van der Waals surface area contributed by atoms with Gasteiger partial charge < -0.3 is 4.98 Å². The largest absolute Gasteiger partial charge is 0.341 e. The molecule has 0 aliphatic heterocycles. The number of aromatic nitrogens is 6. The van der Waals surface area contributed by atoms with Crippen LogP contribution in [0.3, 0.4) is 0 Å². The third-order valence-electron chi connectivity index (χ3n) is 3.19. The van der Waals surface area contributed by atoms with Gasteiger partial charge in [0.05, 0.1) is 23.0 Å². The number of H-pyrrole nitrogens is 1. The SMILES string of the molecule is O=C(Nc1nnc(SCc2nc3ccccc3[nH]2)s1)c1cnccn1. The number of amides is 1. The summed E-state index contributed by atoms with van der Waals surface area (Å²) >= 11 is 2.81. The molecule has 124 valence electrons. The van der Waals surface area contributed by atoms with Crippen molar-refractivity contribution in [2.24, 2.45) is 0 Å². The highest BCUT2D eigenvalue weighted by Gasteiger charge is 2.12. The Labute approximate surface area is 150 Å². The molecule has 0 bridgehead atoms. The molecule has 0 fully saturated rings. The third kappa shape index (κ3) is 3.64. The van der Waals surface area contributed by atoms with Gasteiger partial charge in [0, 0.05) is 12.4 Å². The van der Waals surface area contributed by atoms with Crippen LogP contribution in [0, 0.1) is 0 Å². The van der Waals surface area contributed by atoms with E-state index in [0.717, 1.165) is 21.2 Å². The van der Waals surface area contributed by atoms with Crippen molar-refractivity contribution in [3.05, 3.63) is 54.4 Å². The van der Waals surface area contributed by atoms with E-state index in [2.05, 4.69) is 35.5 Å². The summed E-state index contributed by atoms with van der Waals surface area (Å²) in [6.45, 7) is 0. The Hall–Kier alpha value is -2.85. The molecule has 8 nitrogen and oxygen atoms in total. The minimum atomic E-state index is -0.363. The highest BCUT2D eigenvalue weighted by atomic mass is 32.2. The number of carbonyl (C=O) groups excluding carboxylic acids is 1. The van der Waals surface area contributed by atoms with Crippen molar-refractivity contribution in [3.8, 4) is 0 Å². The second kappa shape index (κ2) is 6.95. The molecule has 3 heterocycles. The smallest absolute Gasteiger partial charge is 0.277 e. The van der Waals surface area contributed by atoms with Gasteiger partial charge in [-0.1, -0.05) is 35.2 Å². The number of anilines is 1. The minimum Gasteiger partial charge on any atom is -0.341 e. The minimum absolute atomic E-state index is 0.231. The summed E-state index contributed by atoms with van der Waals surface area (Å²) in [5, 5.41) is 11.1. The number of carbonyl (C=O) groups is 1. The summed E-state index contributed by atoms with van der Waals surface area (Å²) in [5.41, 5.74) is 2.17. The molecule has 0 spiro atoms. The Balaban J connectivity index is 1.39. The number of imidazole rings is 1. The highest BCUT2D eigenvalue weighted by molar-refractivity contribution is 8.00. The van der Waals surface area contributed by atoms with Crippen molar-refractivity contribution in [1.29, 1.82) is 0 Å². The van der Waals surface area contributed by atoms with E-state index >= 15 is 0 Å². The molecule has 4 aromatic rings. The van der Waals surface area contributed by atoms with Crippen LogP contribution in [-0.2, 0) is 5.75 Å². The molecule has 3 aromatic heterocycles.